The molecule has 0 radical (unpaired) electrons. The lowest BCUT2D eigenvalue weighted by atomic mass is 10.0. The quantitative estimate of drug-likeness (QED) is 0.445. The van der Waals surface area contributed by atoms with Crippen LogP contribution in [0.4, 0.5) is 10.1 Å². The molecule has 2 N–H and O–H groups in total. The van der Waals surface area contributed by atoms with Gasteiger partial charge in [-0.15, -0.1) is 0 Å². The molecular formula is C28H30FN3O4. The summed E-state index contributed by atoms with van der Waals surface area (Å²) in [6.45, 7) is 2.27. The Balaban J connectivity index is 1.21. The number of carboxylic acids is 1. The van der Waals surface area contributed by atoms with Crippen molar-refractivity contribution >= 4 is 17.6 Å². The Morgan fingerprint density at radius 3 is 2.33 bits per heavy atom. The van der Waals surface area contributed by atoms with Crippen LogP contribution in [0.5, 0.6) is 11.5 Å². The first-order valence-electron chi connectivity index (χ1n) is 11.9. The summed E-state index contributed by atoms with van der Waals surface area (Å²) in [4.78, 5) is 27.8. The number of nitrogens with one attached hydrogen (secondary N) is 1. The highest BCUT2D eigenvalue weighted by atomic mass is 19.1. The molecule has 1 heterocycles. The van der Waals surface area contributed by atoms with Crippen molar-refractivity contribution in [2.24, 2.45) is 0 Å². The molecule has 1 fully saturated rings. The van der Waals surface area contributed by atoms with E-state index in [1.807, 2.05) is 61.6 Å². The lowest BCUT2D eigenvalue weighted by molar-refractivity contribution is -0.117. The van der Waals surface area contributed by atoms with Crippen LogP contribution in [0.3, 0.4) is 0 Å². The minimum absolute atomic E-state index is 0.0497. The average Bonchev–Trinajstić information content (AvgIpc) is 2.87. The first-order valence-corrected chi connectivity index (χ1v) is 11.9. The molecule has 1 aliphatic rings. The molecule has 0 saturated carbocycles. The van der Waals surface area contributed by atoms with Gasteiger partial charge < -0.3 is 15.2 Å². The second-order valence-electron chi connectivity index (χ2n) is 9.02. The van der Waals surface area contributed by atoms with Gasteiger partial charge in [0.15, 0.2) is 0 Å². The molecule has 1 aliphatic heterocycles. The molecule has 1 saturated heterocycles. The summed E-state index contributed by atoms with van der Waals surface area (Å²) in [7, 11) is 1.95. The summed E-state index contributed by atoms with van der Waals surface area (Å²) >= 11 is 0. The summed E-state index contributed by atoms with van der Waals surface area (Å²) in [5.74, 6) is -0.269. The number of likely N-dealkylation sites (tertiary alicyclic amines) is 1. The van der Waals surface area contributed by atoms with E-state index in [-0.39, 0.29) is 24.1 Å². The second kappa shape index (κ2) is 11.8. The van der Waals surface area contributed by atoms with Crippen LogP contribution in [-0.4, -0.2) is 59.5 Å². The number of piperidine rings is 1. The maximum absolute atomic E-state index is 14.3. The van der Waals surface area contributed by atoms with E-state index in [2.05, 4.69) is 15.1 Å². The number of carbonyl (C=O) groups is 2. The van der Waals surface area contributed by atoms with E-state index >= 15 is 0 Å². The van der Waals surface area contributed by atoms with Crippen LogP contribution >= 0.6 is 0 Å². The fraction of sp³-hybridized carbons (Fsp3) is 0.286. The van der Waals surface area contributed by atoms with E-state index in [0.717, 1.165) is 37.7 Å². The number of aromatic carboxylic acids is 1. The van der Waals surface area contributed by atoms with Gasteiger partial charge in [-0.05, 0) is 81.5 Å². The van der Waals surface area contributed by atoms with E-state index < -0.39 is 11.8 Å². The monoisotopic (exact) mass is 491 g/mol. The SMILES string of the molecule is CN(CC(=O)Nc1ccc(Oc2ccccc2)cc1)C1CCN(Cc2ccc(C(=O)O)cc2F)CC1. The number of hydrogen-bond donors (Lipinski definition) is 2. The summed E-state index contributed by atoms with van der Waals surface area (Å²) < 4.78 is 20.0. The number of ether oxygens (including phenoxy) is 1. The lowest BCUT2D eigenvalue weighted by Gasteiger charge is -2.36. The molecule has 0 bridgehead atoms. The number of para-hydroxylation sites is 1. The Labute approximate surface area is 210 Å². The molecule has 0 spiro atoms. The number of anilines is 1. The molecule has 3 aromatic rings. The smallest absolute Gasteiger partial charge is 0.335 e. The molecule has 0 atom stereocenters. The third kappa shape index (κ3) is 6.90. The number of amides is 1. The van der Waals surface area contributed by atoms with Crippen molar-refractivity contribution in [3.05, 3.63) is 89.7 Å². The Morgan fingerprint density at radius 1 is 1.03 bits per heavy atom. The second-order valence-corrected chi connectivity index (χ2v) is 9.02. The maximum atomic E-state index is 14.3. The van der Waals surface area contributed by atoms with Crippen LogP contribution in [-0.2, 0) is 11.3 Å². The lowest BCUT2D eigenvalue weighted by Crippen LogP contribution is -2.45. The third-order valence-electron chi connectivity index (χ3n) is 6.38. The Hall–Kier alpha value is -3.75. The fourth-order valence-corrected chi connectivity index (χ4v) is 4.35. The summed E-state index contributed by atoms with van der Waals surface area (Å²) in [5.41, 5.74) is 1.15. The highest BCUT2D eigenvalue weighted by molar-refractivity contribution is 5.92. The largest absolute Gasteiger partial charge is 0.478 e. The molecule has 3 aromatic carbocycles. The number of carbonyl (C=O) groups excluding carboxylic acids is 1. The minimum atomic E-state index is -1.14. The van der Waals surface area contributed by atoms with Gasteiger partial charge >= 0.3 is 5.97 Å². The van der Waals surface area contributed by atoms with Gasteiger partial charge in [-0.2, -0.15) is 0 Å². The van der Waals surface area contributed by atoms with Gasteiger partial charge in [0.05, 0.1) is 12.1 Å². The highest BCUT2D eigenvalue weighted by Gasteiger charge is 2.24. The van der Waals surface area contributed by atoms with Gasteiger partial charge in [-0.1, -0.05) is 24.3 Å². The summed E-state index contributed by atoms with van der Waals surface area (Å²) in [6.07, 6.45) is 1.73. The molecule has 0 unspecified atom stereocenters. The standard InChI is InChI=1S/C28H30FN3O4/c1-31(19-27(33)30-22-9-11-25(12-10-22)36-24-5-3-2-4-6-24)23-13-15-32(16-14-23)18-21-8-7-20(28(34)35)17-26(21)29/h2-12,17,23H,13-16,18-19H2,1H3,(H,30,33)(H,34,35). The predicted octanol–water partition coefficient (Wildman–Crippen LogP) is 4.85. The highest BCUT2D eigenvalue weighted by Crippen LogP contribution is 2.23. The van der Waals surface area contributed by atoms with Crippen molar-refractivity contribution in [3.8, 4) is 11.5 Å². The minimum Gasteiger partial charge on any atom is -0.478 e. The molecule has 8 heteroatoms. The first-order chi connectivity index (χ1) is 17.4. The zero-order valence-corrected chi connectivity index (χ0v) is 20.2. The predicted molar refractivity (Wildman–Crippen MR) is 136 cm³/mol. The number of likely N-dealkylation sites (N-methyl/N-ethyl adjacent to an activating group) is 1. The molecular weight excluding hydrogens is 461 g/mol. The number of benzene rings is 3. The Morgan fingerprint density at radius 2 is 1.69 bits per heavy atom. The van der Waals surface area contributed by atoms with Crippen molar-refractivity contribution in [2.45, 2.75) is 25.4 Å². The van der Waals surface area contributed by atoms with Crippen molar-refractivity contribution in [3.63, 3.8) is 0 Å². The van der Waals surface area contributed by atoms with Crippen molar-refractivity contribution in [2.75, 3.05) is 32.0 Å². The Kier molecular flexibility index (Phi) is 8.30. The topological polar surface area (TPSA) is 82.1 Å². The third-order valence-corrected chi connectivity index (χ3v) is 6.38. The first kappa shape index (κ1) is 25.3. The van der Waals surface area contributed by atoms with Crippen LogP contribution in [0, 0.1) is 5.82 Å². The molecule has 36 heavy (non-hydrogen) atoms. The Bertz CT molecular complexity index is 1180. The normalized spacial score (nSPS) is 14.5. The van der Waals surface area contributed by atoms with E-state index in [9.17, 15) is 14.0 Å². The van der Waals surface area contributed by atoms with Gasteiger partial charge in [0.2, 0.25) is 5.91 Å². The number of nitrogens with zero attached hydrogens (tertiary/aromatic N) is 2. The van der Waals surface area contributed by atoms with Crippen LogP contribution in [0.15, 0.2) is 72.8 Å². The van der Waals surface area contributed by atoms with E-state index in [1.165, 1.54) is 6.07 Å². The van der Waals surface area contributed by atoms with Gasteiger partial charge in [-0.3, -0.25) is 14.6 Å². The van der Waals surface area contributed by atoms with Gasteiger partial charge in [0, 0.05) is 23.8 Å². The summed E-state index contributed by atoms with van der Waals surface area (Å²) in [5, 5.41) is 11.9. The number of hydrogen-bond acceptors (Lipinski definition) is 5. The van der Waals surface area contributed by atoms with Gasteiger partial charge in [0.25, 0.3) is 0 Å². The van der Waals surface area contributed by atoms with Crippen molar-refractivity contribution < 1.29 is 23.8 Å². The molecule has 0 aliphatic carbocycles. The van der Waals surface area contributed by atoms with Gasteiger partial charge in [-0.25, -0.2) is 9.18 Å². The fourth-order valence-electron chi connectivity index (χ4n) is 4.35. The molecule has 0 aromatic heterocycles. The van der Waals surface area contributed by atoms with E-state index in [4.69, 9.17) is 9.84 Å². The van der Waals surface area contributed by atoms with Crippen molar-refractivity contribution in [1.82, 2.24) is 9.80 Å². The summed E-state index contributed by atoms with van der Waals surface area (Å²) in [6, 6.07) is 21.1. The zero-order valence-electron chi connectivity index (χ0n) is 20.2. The van der Waals surface area contributed by atoms with Crippen molar-refractivity contribution in [1.29, 1.82) is 0 Å². The number of carboxylic acid groups (broad SMARTS) is 1. The maximum Gasteiger partial charge on any atom is 0.335 e. The van der Waals surface area contributed by atoms with E-state index in [1.54, 1.807) is 6.07 Å². The average molecular weight is 492 g/mol. The number of rotatable bonds is 9. The molecule has 7 nitrogen and oxygen atoms in total. The zero-order chi connectivity index (χ0) is 25.5. The molecule has 4 rings (SSSR count). The molecule has 188 valence electrons. The number of halogens is 1. The van der Waals surface area contributed by atoms with Crippen LogP contribution in [0.1, 0.15) is 28.8 Å². The van der Waals surface area contributed by atoms with Crippen LogP contribution in [0.2, 0.25) is 0 Å². The van der Waals surface area contributed by atoms with Crippen LogP contribution in [0.25, 0.3) is 0 Å². The van der Waals surface area contributed by atoms with Crippen LogP contribution < -0.4 is 10.1 Å². The van der Waals surface area contributed by atoms with Gasteiger partial charge in [0.1, 0.15) is 17.3 Å². The molecule has 1 amide bonds. The van der Waals surface area contributed by atoms with E-state index in [0.29, 0.717) is 23.5 Å².